The normalized spacial score (nSPS) is 24.0. The fourth-order valence-corrected chi connectivity index (χ4v) is 2.68. The SMILES string of the molecule is CCn1nc(NC(=O)[C@@H]2[C@H](C(=O)O)C2(C)C)cc1C. The zero-order chi connectivity index (χ0) is 14.4. The molecule has 1 heterocycles. The van der Waals surface area contributed by atoms with Gasteiger partial charge in [-0.2, -0.15) is 5.10 Å². The topological polar surface area (TPSA) is 84.2 Å². The number of hydrogen-bond donors (Lipinski definition) is 2. The Morgan fingerprint density at radius 3 is 2.53 bits per heavy atom. The first-order valence-electron chi connectivity index (χ1n) is 6.37. The van der Waals surface area contributed by atoms with Gasteiger partial charge in [0.15, 0.2) is 5.82 Å². The Hall–Kier alpha value is -1.85. The molecule has 19 heavy (non-hydrogen) atoms. The van der Waals surface area contributed by atoms with Gasteiger partial charge in [0.05, 0.1) is 11.8 Å². The molecule has 2 rings (SSSR count). The second-order valence-electron chi connectivity index (χ2n) is 5.59. The van der Waals surface area contributed by atoms with Gasteiger partial charge >= 0.3 is 5.97 Å². The molecule has 0 saturated heterocycles. The van der Waals surface area contributed by atoms with E-state index in [1.54, 1.807) is 24.6 Å². The van der Waals surface area contributed by atoms with Crippen molar-refractivity contribution in [3.05, 3.63) is 11.8 Å². The molecule has 1 saturated carbocycles. The van der Waals surface area contributed by atoms with Crippen LogP contribution in [-0.2, 0) is 16.1 Å². The van der Waals surface area contributed by atoms with Crippen LogP contribution in [0.1, 0.15) is 26.5 Å². The van der Waals surface area contributed by atoms with Crippen LogP contribution >= 0.6 is 0 Å². The third-order valence-corrected chi connectivity index (χ3v) is 3.91. The van der Waals surface area contributed by atoms with Gasteiger partial charge in [0.1, 0.15) is 0 Å². The number of aromatic nitrogens is 2. The van der Waals surface area contributed by atoms with Crippen LogP contribution in [0.25, 0.3) is 0 Å². The summed E-state index contributed by atoms with van der Waals surface area (Å²) in [6, 6.07) is 1.78. The number of carbonyl (C=O) groups is 2. The van der Waals surface area contributed by atoms with E-state index in [4.69, 9.17) is 5.11 Å². The van der Waals surface area contributed by atoms with Crippen molar-refractivity contribution >= 4 is 17.7 Å². The lowest BCUT2D eigenvalue weighted by Gasteiger charge is -2.02. The number of aliphatic carboxylic acids is 1. The van der Waals surface area contributed by atoms with E-state index in [0.29, 0.717) is 5.82 Å². The van der Waals surface area contributed by atoms with Gasteiger partial charge < -0.3 is 10.4 Å². The Morgan fingerprint density at radius 1 is 1.47 bits per heavy atom. The molecule has 0 radical (unpaired) electrons. The first-order chi connectivity index (χ1) is 8.78. The highest BCUT2D eigenvalue weighted by Crippen LogP contribution is 2.58. The lowest BCUT2D eigenvalue weighted by molar-refractivity contribution is -0.140. The van der Waals surface area contributed by atoms with Crippen LogP contribution in [0.4, 0.5) is 5.82 Å². The largest absolute Gasteiger partial charge is 0.481 e. The molecular formula is C13H19N3O3. The van der Waals surface area contributed by atoms with Crippen LogP contribution in [0.3, 0.4) is 0 Å². The molecule has 2 atom stereocenters. The second-order valence-corrected chi connectivity index (χ2v) is 5.59. The van der Waals surface area contributed by atoms with Gasteiger partial charge in [-0.1, -0.05) is 13.8 Å². The van der Waals surface area contributed by atoms with Crippen molar-refractivity contribution in [1.29, 1.82) is 0 Å². The Balaban J connectivity index is 2.08. The van der Waals surface area contributed by atoms with Crippen molar-refractivity contribution in [3.8, 4) is 0 Å². The fraction of sp³-hybridized carbons (Fsp3) is 0.615. The molecule has 6 nitrogen and oxygen atoms in total. The predicted molar refractivity (Wildman–Crippen MR) is 69.7 cm³/mol. The first kappa shape index (κ1) is 13.6. The summed E-state index contributed by atoms with van der Waals surface area (Å²) in [6.07, 6.45) is 0. The van der Waals surface area contributed by atoms with Crippen LogP contribution in [0.2, 0.25) is 0 Å². The number of anilines is 1. The molecule has 2 N–H and O–H groups in total. The zero-order valence-electron chi connectivity index (χ0n) is 11.6. The third kappa shape index (κ3) is 2.22. The number of rotatable bonds is 4. The van der Waals surface area contributed by atoms with Gasteiger partial charge in [0, 0.05) is 18.3 Å². The molecule has 0 aromatic carbocycles. The molecule has 1 aromatic rings. The minimum Gasteiger partial charge on any atom is -0.481 e. The molecule has 0 spiro atoms. The fourth-order valence-electron chi connectivity index (χ4n) is 2.68. The van der Waals surface area contributed by atoms with Crippen LogP contribution < -0.4 is 5.32 Å². The second kappa shape index (κ2) is 4.36. The molecule has 0 bridgehead atoms. The van der Waals surface area contributed by atoms with Gasteiger partial charge in [0.25, 0.3) is 0 Å². The van der Waals surface area contributed by atoms with E-state index in [1.165, 1.54) is 0 Å². The summed E-state index contributed by atoms with van der Waals surface area (Å²) in [5.41, 5.74) is 0.473. The molecule has 1 aliphatic rings. The van der Waals surface area contributed by atoms with Gasteiger partial charge in [-0.05, 0) is 19.3 Å². The number of aryl methyl sites for hydroxylation is 2. The number of carboxylic acids is 1. The Bertz CT molecular complexity index is 533. The van der Waals surface area contributed by atoms with Gasteiger partial charge in [0.2, 0.25) is 5.91 Å². The van der Waals surface area contributed by atoms with Crippen molar-refractivity contribution in [1.82, 2.24) is 9.78 Å². The highest BCUT2D eigenvalue weighted by Gasteiger charge is 2.65. The summed E-state index contributed by atoms with van der Waals surface area (Å²) in [7, 11) is 0. The maximum absolute atomic E-state index is 12.1. The molecule has 104 valence electrons. The summed E-state index contributed by atoms with van der Waals surface area (Å²) in [6.45, 7) is 8.20. The summed E-state index contributed by atoms with van der Waals surface area (Å²) in [5, 5.41) is 16.0. The molecular weight excluding hydrogens is 246 g/mol. The van der Waals surface area contributed by atoms with Crippen LogP contribution in [0.5, 0.6) is 0 Å². The van der Waals surface area contributed by atoms with Gasteiger partial charge in [-0.25, -0.2) is 0 Å². The van der Waals surface area contributed by atoms with Crippen molar-refractivity contribution < 1.29 is 14.7 Å². The van der Waals surface area contributed by atoms with Crippen LogP contribution in [0, 0.1) is 24.2 Å². The van der Waals surface area contributed by atoms with Crippen molar-refractivity contribution in [2.24, 2.45) is 17.3 Å². The van der Waals surface area contributed by atoms with Crippen molar-refractivity contribution in [3.63, 3.8) is 0 Å². The number of carboxylic acid groups (broad SMARTS) is 1. The number of nitrogens with one attached hydrogen (secondary N) is 1. The Morgan fingerprint density at radius 2 is 2.11 bits per heavy atom. The summed E-state index contributed by atoms with van der Waals surface area (Å²) in [4.78, 5) is 23.1. The number of hydrogen-bond acceptors (Lipinski definition) is 3. The number of nitrogens with zero attached hydrogens (tertiary/aromatic N) is 2. The lowest BCUT2D eigenvalue weighted by Crippen LogP contribution is -2.18. The standard InChI is InChI=1S/C13H19N3O3/c1-5-16-7(2)6-8(15-16)14-11(17)9-10(12(18)19)13(9,3)4/h6,9-10H,5H2,1-4H3,(H,18,19)(H,14,15,17)/t9-,10+/m0/s1. The van der Waals surface area contributed by atoms with Gasteiger partial charge in [-0.3, -0.25) is 14.3 Å². The molecule has 1 fully saturated rings. The monoisotopic (exact) mass is 265 g/mol. The van der Waals surface area contributed by atoms with E-state index in [0.717, 1.165) is 12.2 Å². The maximum atomic E-state index is 12.1. The predicted octanol–water partition coefficient (Wildman–Crippen LogP) is 1.51. The van der Waals surface area contributed by atoms with E-state index < -0.39 is 23.2 Å². The highest BCUT2D eigenvalue weighted by atomic mass is 16.4. The van der Waals surface area contributed by atoms with E-state index >= 15 is 0 Å². The first-order valence-corrected chi connectivity index (χ1v) is 6.37. The summed E-state index contributed by atoms with van der Waals surface area (Å²) in [5.74, 6) is -1.80. The van der Waals surface area contributed by atoms with E-state index in [-0.39, 0.29) is 5.91 Å². The summed E-state index contributed by atoms with van der Waals surface area (Å²) < 4.78 is 1.78. The zero-order valence-corrected chi connectivity index (χ0v) is 11.6. The lowest BCUT2D eigenvalue weighted by atomic mass is 10.1. The average molecular weight is 265 g/mol. The van der Waals surface area contributed by atoms with Crippen LogP contribution in [0.15, 0.2) is 6.07 Å². The average Bonchev–Trinajstić information content (AvgIpc) is 2.71. The smallest absolute Gasteiger partial charge is 0.307 e. The minimum atomic E-state index is -0.916. The molecule has 1 aliphatic carbocycles. The quantitative estimate of drug-likeness (QED) is 0.864. The van der Waals surface area contributed by atoms with Gasteiger partial charge in [-0.15, -0.1) is 0 Å². The minimum absolute atomic E-state index is 0.266. The molecule has 1 amide bonds. The Labute approximate surface area is 111 Å². The van der Waals surface area contributed by atoms with E-state index in [9.17, 15) is 9.59 Å². The van der Waals surface area contributed by atoms with E-state index in [1.807, 2.05) is 13.8 Å². The summed E-state index contributed by atoms with van der Waals surface area (Å²) >= 11 is 0. The molecule has 0 aliphatic heterocycles. The Kier molecular flexibility index (Phi) is 3.12. The third-order valence-electron chi connectivity index (χ3n) is 3.91. The van der Waals surface area contributed by atoms with Crippen molar-refractivity contribution in [2.75, 3.05) is 5.32 Å². The molecule has 1 aromatic heterocycles. The number of carbonyl (C=O) groups excluding carboxylic acids is 1. The van der Waals surface area contributed by atoms with Crippen molar-refractivity contribution in [2.45, 2.75) is 34.2 Å². The molecule has 0 unspecified atom stereocenters. The maximum Gasteiger partial charge on any atom is 0.307 e. The van der Waals surface area contributed by atoms with Crippen LogP contribution in [-0.4, -0.2) is 26.8 Å². The van der Waals surface area contributed by atoms with E-state index in [2.05, 4.69) is 10.4 Å². The number of amides is 1. The highest BCUT2D eigenvalue weighted by molar-refractivity contribution is 5.99. The molecule has 6 heteroatoms.